The Kier molecular flexibility index (Phi) is 5.58. The Morgan fingerprint density at radius 3 is 2.69 bits per heavy atom. The van der Waals surface area contributed by atoms with Gasteiger partial charge in [-0.25, -0.2) is 9.37 Å². The molecule has 0 saturated carbocycles. The molecular weight excluding hydrogens is 457 g/mol. The molecule has 0 atom stereocenters. The Morgan fingerprint density at radius 1 is 1.23 bits per heavy atom. The number of nitrogens with one attached hydrogen (secondary N) is 1. The van der Waals surface area contributed by atoms with Crippen LogP contribution in [0.15, 0.2) is 29.2 Å². The van der Waals surface area contributed by atoms with Gasteiger partial charge < -0.3 is 19.7 Å². The van der Waals surface area contributed by atoms with Crippen LogP contribution >= 0.6 is 0 Å². The van der Waals surface area contributed by atoms with Gasteiger partial charge in [0, 0.05) is 25.1 Å². The first-order chi connectivity index (χ1) is 16.7. The third kappa shape index (κ3) is 4.04. The molecule has 2 aliphatic heterocycles. The smallest absolute Gasteiger partial charge is 0.280 e. The lowest BCUT2D eigenvalue weighted by Crippen LogP contribution is -2.32. The third-order valence-electron chi connectivity index (χ3n) is 6.26. The number of carbonyl (C=O) groups excluding carboxylic acids is 3. The van der Waals surface area contributed by atoms with Gasteiger partial charge in [0.2, 0.25) is 11.8 Å². The molecule has 0 aromatic carbocycles. The summed E-state index contributed by atoms with van der Waals surface area (Å²) >= 11 is 0. The molecule has 5 rings (SSSR count). The predicted molar refractivity (Wildman–Crippen MR) is 122 cm³/mol. The molecule has 2 aliphatic rings. The Morgan fingerprint density at radius 2 is 2.03 bits per heavy atom. The molecule has 1 N–H and O–H groups in total. The number of aromatic nitrogens is 4. The molecule has 5 heterocycles. The van der Waals surface area contributed by atoms with Gasteiger partial charge in [-0.05, 0) is 32.4 Å². The van der Waals surface area contributed by atoms with Crippen LogP contribution in [0.3, 0.4) is 0 Å². The highest BCUT2D eigenvalue weighted by Crippen LogP contribution is 2.25. The van der Waals surface area contributed by atoms with E-state index in [0.29, 0.717) is 18.7 Å². The lowest BCUT2D eigenvalue weighted by molar-refractivity contribution is -0.128. The summed E-state index contributed by atoms with van der Waals surface area (Å²) in [4.78, 5) is 58.6. The van der Waals surface area contributed by atoms with Gasteiger partial charge in [-0.15, -0.1) is 0 Å². The maximum absolute atomic E-state index is 13.3. The average molecular weight is 481 g/mol. The largest absolute Gasteiger partial charge is 0.337 e. The fourth-order valence-electron chi connectivity index (χ4n) is 4.53. The Bertz CT molecular complexity index is 1410. The Labute approximate surface area is 199 Å². The van der Waals surface area contributed by atoms with Crippen LogP contribution in [0.1, 0.15) is 48.4 Å². The number of fused-ring (bicyclic) bond motifs is 2. The van der Waals surface area contributed by atoms with Crippen molar-refractivity contribution in [3.8, 4) is 0 Å². The lowest BCUT2D eigenvalue weighted by Gasteiger charge is -2.20. The fourth-order valence-corrected chi connectivity index (χ4v) is 4.53. The summed E-state index contributed by atoms with van der Waals surface area (Å²) in [7, 11) is 0. The fraction of sp³-hybridized carbons (Fsp3) is 0.391. The normalized spacial score (nSPS) is 15.5. The summed E-state index contributed by atoms with van der Waals surface area (Å²) < 4.78 is 15.8. The summed E-state index contributed by atoms with van der Waals surface area (Å²) in [5, 5.41) is 7.00. The second-order valence-corrected chi connectivity index (χ2v) is 8.98. The van der Waals surface area contributed by atoms with Crippen LogP contribution in [0.25, 0.3) is 5.65 Å². The number of pyridine rings is 1. The van der Waals surface area contributed by atoms with E-state index in [2.05, 4.69) is 15.4 Å². The van der Waals surface area contributed by atoms with E-state index < -0.39 is 17.3 Å². The van der Waals surface area contributed by atoms with Gasteiger partial charge in [-0.2, -0.15) is 9.61 Å². The summed E-state index contributed by atoms with van der Waals surface area (Å²) in [6, 6.07) is 3.98. The van der Waals surface area contributed by atoms with Gasteiger partial charge in [-0.1, -0.05) is 0 Å². The van der Waals surface area contributed by atoms with E-state index in [-0.39, 0.29) is 60.2 Å². The van der Waals surface area contributed by atoms with Crippen LogP contribution in [0.5, 0.6) is 0 Å². The lowest BCUT2D eigenvalue weighted by atomic mass is 10.2. The number of rotatable bonds is 6. The number of hydrogen-bond acceptors (Lipinski definition) is 6. The highest BCUT2D eigenvalue weighted by Gasteiger charge is 2.36. The molecule has 1 fully saturated rings. The van der Waals surface area contributed by atoms with E-state index >= 15 is 0 Å². The Hall–Kier alpha value is -4.09. The van der Waals surface area contributed by atoms with Gasteiger partial charge in [-0.3, -0.25) is 19.2 Å². The molecular formula is C23H24FN7O4. The predicted octanol–water partition coefficient (Wildman–Crippen LogP) is 1.16. The van der Waals surface area contributed by atoms with Crippen LogP contribution in [0, 0.1) is 5.82 Å². The minimum Gasteiger partial charge on any atom is -0.337 e. The Balaban J connectivity index is 1.56. The van der Waals surface area contributed by atoms with Gasteiger partial charge in [0.25, 0.3) is 11.5 Å². The number of carbonyl (C=O) groups is 3. The molecule has 0 bridgehead atoms. The maximum Gasteiger partial charge on any atom is 0.280 e. The minimum absolute atomic E-state index is 0.0219. The molecule has 3 aromatic rings. The van der Waals surface area contributed by atoms with Crippen molar-refractivity contribution in [3.05, 3.63) is 57.5 Å². The van der Waals surface area contributed by atoms with Gasteiger partial charge in [0.1, 0.15) is 29.5 Å². The summed E-state index contributed by atoms with van der Waals surface area (Å²) in [6.07, 6.45) is 2.23. The molecule has 3 amide bonds. The highest BCUT2D eigenvalue weighted by atomic mass is 19.1. The van der Waals surface area contributed by atoms with Crippen molar-refractivity contribution >= 4 is 29.2 Å². The topological polar surface area (TPSA) is 122 Å². The van der Waals surface area contributed by atoms with E-state index in [1.165, 1.54) is 21.2 Å². The number of likely N-dealkylation sites (tertiary alicyclic amines) is 1. The molecule has 12 heteroatoms. The molecule has 0 unspecified atom stereocenters. The molecule has 0 radical (unpaired) electrons. The van der Waals surface area contributed by atoms with E-state index in [9.17, 15) is 23.6 Å². The first kappa shape index (κ1) is 22.7. The van der Waals surface area contributed by atoms with Crippen LogP contribution in [-0.2, 0) is 29.2 Å². The second kappa shape index (κ2) is 8.60. The van der Waals surface area contributed by atoms with Gasteiger partial charge in [0.15, 0.2) is 0 Å². The molecule has 35 heavy (non-hydrogen) atoms. The third-order valence-corrected chi connectivity index (χ3v) is 6.26. The number of nitrogens with zero attached hydrogens (tertiary/aromatic N) is 6. The van der Waals surface area contributed by atoms with Crippen molar-refractivity contribution < 1.29 is 18.8 Å². The first-order valence-electron chi connectivity index (χ1n) is 11.4. The standard InChI is InChI=1S/C23H24FN7O4/c1-13(2)29-11-16-21(23(29)35)30(12-18(32)26-17-6-5-14(24)9-25-17)19-8-15(27-31(19)22(16)34)10-28-7-3-4-20(28)33/h5-6,8-9,13H,3-4,7,10-12H2,1-2H3,(H,25,26,32). The molecule has 3 aromatic heterocycles. The first-order valence-corrected chi connectivity index (χ1v) is 11.4. The van der Waals surface area contributed by atoms with Gasteiger partial charge in [0.05, 0.1) is 30.5 Å². The van der Waals surface area contributed by atoms with Gasteiger partial charge >= 0.3 is 0 Å². The number of anilines is 1. The summed E-state index contributed by atoms with van der Waals surface area (Å²) in [5.74, 6) is -1.22. The summed E-state index contributed by atoms with van der Waals surface area (Å²) in [6.45, 7) is 4.37. The molecule has 0 spiro atoms. The average Bonchev–Trinajstić information content (AvgIpc) is 3.51. The SMILES string of the molecule is CC(C)N1Cc2c(n(CC(=O)Nc3ccc(F)cn3)c3cc(CN4CCCC4=O)nn3c2=O)C1=O. The monoisotopic (exact) mass is 481 g/mol. The zero-order chi connectivity index (χ0) is 24.9. The number of amides is 3. The van der Waals surface area contributed by atoms with E-state index in [1.807, 2.05) is 13.8 Å². The van der Waals surface area contributed by atoms with E-state index in [4.69, 9.17) is 0 Å². The van der Waals surface area contributed by atoms with Crippen molar-refractivity contribution in [3.63, 3.8) is 0 Å². The van der Waals surface area contributed by atoms with Crippen LogP contribution < -0.4 is 10.9 Å². The summed E-state index contributed by atoms with van der Waals surface area (Å²) in [5.41, 5.74) is 0.736. The number of halogens is 1. The van der Waals surface area contributed by atoms with E-state index in [1.54, 1.807) is 15.9 Å². The maximum atomic E-state index is 13.3. The molecule has 0 aliphatic carbocycles. The second-order valence-electron chi connectivity index (χ2n) is 8.98. The van der Waals surface area contributed by atoms with Crippen molar-refractivity contribution in [2.45, 2.75) is 52.4 Å². The quantitative estimate of drug-likeness (QED) is 0.564. The number of hydrogen-bond donors (Lipinski definition) is 1. The van der Waals surface area contributed by atoms with Crippen LogP contribution in [0.2, 0.25) is 0 Å². The van der Waals surface area contributed by atoms with E-state index in [0.717, 1.165) is 12.6 Å². The van der Waals surface area contributed by atoms with Crippen molar-refractivity contribution in [2.24, 2.45) is 0 Å². The highest BCUT2D eigenvalue weighted by molar-refractivity contribution is 5.98. The van der Waals surface area contributed by atoms with Crippen molar-refractivity contribution in [1.29, 1.82) is 0 Å². The molecule has 182 valence electrons. The zero-order valence-corrected chi connectivity index (χ0v) is 19.3. The molecule has 11 nitrogen and oxygen atoms in total. The van der Waals surface area contributed by atoms with Crippen molar-refractivity contribution in [1.82, 2.24) is 29.0 Å². The van der Waals surface area contributed by atoms with Crippen molar-refractivity contribution in [2.75, 3.05) is 11.9 Å². The molecule has 1 saturated heterocycles. The minimum atomic E-state index is -0.536. The zero-order valence-electron chi connectivity index (χ0n) is 19.3. The van der Waals surface area contributed by atoms with Crippen LogP contribution in [0.4, 0.5) is 10.2 Å². The van der Waals surface area contributed by atoms with Crippen LogP contribution in [-0.4, -0.2) is 59.3 Å².